The molecule has 6 nitrogen and oxygen atoms in total. The van der Waals surface area contributed by atoms with Gasteiger partial charge >= 0.3 is 0 Å². The van der Waals surface area contributed by atoms with Crippen LogP contribution in [0.25, 0.3) is 33.3 Å². The van der Waals surface area contributed by atoms with Gasteiger partial charge in [-0.3, -0.25) is 9.89 Å². The molecule has 0 fully saturated rings. The first-order valence-electron chi connectivity index (χ1n) is 12.0. The molecule has 2 aromatic heterocycles. The van der Waals surface area contributed by atoms with Crippen LogP contribution in [-0.2, 0) is 13.0 Å². The lowest BCUT2D eigenvalue weighted by Gasteiger charge is -2.18. The van der Waals surface area contributed by atoms with E-state index in [1.807, 2.05) is 71.5 Å². The number of nitrogens with one attached hydrogen (secondary N) is 1. The van der Waals surface area contributed by atoms with Crippen molar-refractivity contribution < 1.29 is 0 Å². The molecular formula is C30H25N5O. The molecule has 4 aromatic carbocycles. The second-order valence-corrected chi connectivity index (χ2v) is 8.95. The van der Waals surface area contributed by atoms with Crippen molar-refractivity contribution in [2.24, 2.45) is 0 Å². The quantitative estimate of drug-likeness (QED) is 0.323. The molecule has 36 heavy (non-hydrogen) atoms. The topological polar surface area (TPSA) is 68.5 Å². The maximum absolute atomic E-state index is 13.2. The summed E-state index contributed by atoms with van der Waals surface area (Å²) in [7, 11) is 0. The van der Waals surface area contributed by atoms with Crippen molar-refractivity contribution in [3.05, 3.63) is 131 Å². The Labute approximate surface area is 208 Å². The van der Waals surface area contributed by atoms with Crippen LogP contribution in [0.3, 0.4) is 0 Å². The Hall–Kier alpha value is -4.71. The maximum atomic E-state index is 13.2. The van der Waals surface area contributed by atoms with Gasteiger partial charge in [0.05, 0.1) is 29.7 Å². The Morgan fingerprint density at radius 1 is 0.722 bits per heavy atom. The summed E-state index contributed by atoms with van der Waals surface area (Å²) < 4.78 is 3.56. The van der Waals surface area contributed by atoms with E-state index in [0.29, 0.717) is 18.4 Å². The summed E-state index contributed by atoms with van der Waals surface area (Å²) >= 11 is 0. The Bertz CT molecular complexity index is 1650. The van der Waals surface area contributed by atoms with Crippen LogP contribution in [0.4, 0.5) is 0 Å². The molecule has 0 unspecified atom stereocenters. The van der Waals surface area contributed by atoms with Crippen molar-refractivity contribution in [2.75, 3.05) is 0 Å². The Morgan fingerprint density at radius 3 is 2.11 bits per heavy atom. The third-order valence-electron chi connectivity index (χ3n) is 6.52. The monoisotopic (exact) mass is 471 g/mol. The highest BCUT2D eigenvalue weighted by atomic mass is 16.1. The van der Waals surface area contributed by atoms with Gasteiger partial charge in [0.2, 0.25) is 0 Å². The number of nitrogens with zero attached hydrogens (tertiary/aromatic N) is 4. The van der Waals surface area contributed by atoms with Crippen molar-refractivity contribution in [2.45, 2.75) is 19.0 Å². The Balaban J connectivity index is 1.29. The van der Waals surface area contributed by atoms with Crippen LogP contribution < -0.4 is 5.56 Å². The number of hydrogen-bond acceptors (Lipinski definition) is 3. The molecule has 0 saturated heterocycles. The number of para-hydroxylation sites is 1. The molecule has 176 valence electrons. The van der Waals surface area contributed by atoms with Crippen LogP contribution in [-0.4, -0.2) is 24.8 Å². The van der Waals surface area contributed by atoms with E-state index in [9.17, 15) is 4.79 Å². The summed E-state index contributed by atoms with van der Waals surface area (Å²) in [6.07, 6.45) is 2.64. The van der Waals surface area contributed by atoms with E-state index in [-0.39, 0.29) is 11.6 Å². The van der Waals surface area contributed by atoms with Gasteiger partial charge in [-0.25, -0.2) is 9.36 Å². The van der Waals surface area contributed by atoms with Crippen molar-refractivity contribution in [1.29, 1.82) is 0 Å². The minimum atomic E-state index is -0.151. The van der Waals surface area contributed by atoms with Crippen LogP contribution in [0.2, 0.25) is 0 Å². The lowest BCUT2D eigenvalue weighted by atomic mass is 10.0. The number of rotatable bonds is 7. The molecular weight excluding hydrogens is 446 g/mol. The molecule has 0 spiro atoms. The Morgan fingerprint density at radius 2 is 1.36 bits per heavy atom. The summed E-state index contributed by atoms with van der Waals surface area (Å²) in [5.74, 6) is 0. The van der Waals surface area contributed by atoms with Crippen LogP contribution in [0.1, 0.15) is 11.6 Å². The van der Waals surface area contributed by atoms with E-state index in [1.165, 1.54) is 5.56 Å². The molecule has 0 aliphatic rings. The summed E-state index contributed by atoms with van der Waals surface area (Å²) in [4.78, 5) is 13.2. The van der Waals surface area contributed by atoms with E-state index in [2.05, 4.69) is 63.9 Å². The number of aromatic nitrogens is 5. The molecule has 0 aliphatic carbocycles. The standard InChI is InChI=1S/C30H25N5O/c36-30-27-13-7-8-14-28(27)32-35(30)26(19-22-9-3-1-4-10-22)20-34-21-29(31-33-34)25-17-15-24(16-18-25)23-11-5-2-6-12-23/h1-18,21,26,32H,19-20H2/t26-/m0/s1. The third-order valence-corrected chi connectivity index (χ3v) is 6.52. The number of H-pyrrole nitrogens is 1. The predicted molar refractivity (Wildman–Crippen MR) is 143 cm³/mol. The van der Waals surface area contributed by atoms with Gasteiger partial charge in [-0.15, -0.1) is 5.10 Å². The molecule has 0 saturated carbocycles. The number of fused-ring (bicyclic) bond motifs is 1. The van der Waals surface area contributed by atoms with Gasteiger partial charge in [-0.1, -0.05) is 102 Å². The highest BCUT2D eigenvalue weighted by Gasteiger charge is 2.19. The van der Waals surface area contributed by atoms with Gasteiger partial charge in [0.1, 0.15) is 5.69 Å². The number of hydrogen-bond donors (Lipinski definition) is 1. The first-order chi connectivity index (χ1) is 17.7. The fourth-order valence-corrected chi connectivity index (χ4v) is 4.66. The zero-order chi connectivity index (χ0) is 24.3. The maximum Gasteiger partial charge on any atom is 0.274 e. The zero-order valence-corrected chi connectivity index (χ0v) is 19.7. The van der Waals surface area contributed by atoms with Gasteiger partial charge in [0, 0.05) is 5.56 Å². The van der Waals surface area contributed by atoms with Gasteiger partial charge in [0.25, 0.3) is 5.56 Å². The van der Waals surface area contributed by atoms with E-state index < -0.39 is 0 Å². The first-order valence-corrected chi connectivity index (χ1v) is 12.0. The Kier molecular flexibility index (Phi) is 5.75. The van der Waals surface area contributed by atoms with E-state index in [1.54, 1.807) is 4.68 Å². The van der Waals surface area contributed by atoms with Crippen LogP contribution in [0.15, 0.2) is 120 Å². The smallest absolute Gasteiger partial charge is 0.274 e. The lowest BCUT2D eigenvalue weighted by molar-refractivity contribution is 0.365. The first kappa shape index (κ1) is 21.8. The largest absolute Gasteiger partial charge is 0.295 e. The van der Waals surface area contributed by atoms with Gasteiger partial charge < -0.3 is 0 Å². The fourth-order valence-electron chi connectivity index (χ4n) is 4.66. The molecule has 1 N–H and O–H groups in total. The second kappa shape index (κ2) is 9.50. The molecule has 2 heterocycles. The van der Waals surface area contributed by atoms with Crippen molar-refractivity contribution >= 4 is 10.9 Å². The summed E-state index contributed by atoms with van der Waals surface area (Å²) in [6.45, 7) is 0.511. The highest BCUT2D eigenvalue weighted by Crippen LogP contribution is 2.24. The predicted octanol–water partition coefficient (Wildman–Crippen LogP) is 5.74. The molecule has 6 heteroatoms. The number of aromatic amines is 1. The molecule has 6 rings (SSSR count). The van der Waals surface area contributed by atoms with Crippen molar-refractivity contribution in [3.8, 4) is 22.4 Å². The zero-order valence-electron chi connectivity index (χ0n) is 19.7. The fraction of sp³-hybridized carbons (Fsp3) is 0.100. The summed E-state index contributed by atoms with van der Waals surface area (Å²) in [5.41, 5.74) is 6.11. The lowest BCUT2D eigenvalue weighted by Crippen LogP contribution is -2.28. The molecule has 1 atom stereocenters. The molecule has 0 aliphatic heterocycles. The molecule has 6 aromatic rings. The SMILES string of the molecule is O=c1c2ccccc2[nH]n1[C@@H](Cc1ccccc1)Cn1cc(-c2ccc(-c3ccccc3)cc2)nn1. The van der Waals surface area contributed by atoms with Crippen LogP contribution >= 0.6 is 0 Å². The summed E-state index contributed by atoms with van der Waals surface area (Å²) in [6, 6.07) is 36.3. The van der Waals surface area contributed by atoms with Crippen molar-refractivity contribution in [1.82, 2.24) is 24.8 Å². The molecule has 0 bridgehead atoms. The molecule has 0 amide bonds. The second-order valence-electron chi connectivity index (χ2n) is 8.95. The van der Waals surface area contributed by atoms with Crippen molar-refractivity contribution in [3.63, 3.8) is 0 Å². The summed E-state index contributed by atoms with van der Waals surface area (Å²) in [5, 5.41) is 12.8. The average molecular weight is 472 g/mol. The third kappa shape index (κ3) is 4.36. The highest BCUT2D eigenvalue weighted by molar-refractivity contribution is 5.77. The van der Waals surface area contributed by atoms with Crippen LogP contribution in [0, 0.1) is 0 Å². The molecule has 0 radical (unpaired) electrons. The van der Waals surface area contributed by atoms with Crippen LogP contribution in [0.5, 0.6) is 0 Å². The van der Waals surface area contributed by atoms with Gasteiger partial charge in [-0.2, -0.15) is 0 Å². The van der Waals surface area contributed by atoms with Gasteiger partial charge in [0.15, 0.2) is 0 Å². The van der Waals surface area contributed by atoms with Gasteiger partial charge in [-0.05, 0) is 35.2 Å². The van der Waals surface area contributed by atoms with E-state index in [0.717, 1.165) is 27.9 Å². The normalized spacial score (nSPS) is 12.1. The van der Waals surface area contributed by atoms with E-state index in [4.69, 9.17) is 0 Å². The number of benzene rings is 4. The van der Waals surface area contributed by atoms with E-state index >= 15 is 0 Å². The average Bonchev–Trinajstić information content (AvgIpc) is 3.54. The minimum absolute atomic E-state index is 0.0247. The minimum Gasteiger partial charge on any atom is -0.295 e.